The molecule has 1 heterocycles. The van der Waals surface area contributed by atoms with Gasteiger partial charge in [0.1, 0.15) is 5.69 Å². The highest BCUT2D eigenvalue weighted by Gasteiger charge is 2.32. The van der Waals surface area contributed by atoms with Gasteiger partial charge in [0.2, 0.25) is 10.0 Å². The van der Waals surface area contributed by atoms with Crippen LogP contribution in [0.15, 0.2) is 16.6 Å². The highest BCUT2D eigenvalue weighted by Crippen LogP contribution is 2.31. The minimum Gasteiger partial charge on any atom is -0.264 e. The second-order valence-electron chi connectivity index (χ2n) is 3.46. The Morgan fingerprint density at radius 3 is 2.25 bits per heavy atom. The standard InChI is InChI=1S/C9H8BrF2NO2S/c10-6-4-7(11)9(8(12)5-6)13-2-1-3-16(13,14)15/h4-5H,1-3H2. The summed E-state index contributed by atoms with van der Waals surface area (Å²) in [5, 5.41) is 0. The lowest BCUT2D eigenvalue weighted by atomic mass is 10.3. The van der Waals surface area contributed by atoms with Crippen molar-refractivity contribution in [1.82, 2.24) is 0 Å². The van der Waals surface area contributed by atoms with E-state index in [1.165, 1.54) is 0 Å². The number of hydrogen-bond donors (Lipinski definition) is 0. The Labute approximate surface area is 100 Å². The van der Waals surface area contributed by atoms with Crippen LogP contribution in [0.1, 0.15) is 6.42 Å². The maximum atomic E-state index is 13.5. The first-order chi connectivity index (χ1) is 7.42. The fraction of sp³-hybridized carbons (Fsp3) is 0.333. The molecule has 1 fully saturated rings. The smallest absolute Gasteiger partial charge is 0.235 e. The molecule has 7 heteroatoms. The van der Waals surface area contributed by atoms with Crippen molar-refractivity contribution in [3.8, 4) is 0 Å². The summed E-state index contributed by atoms with van der Waals surface area (Å²) in [6, 6.07) is 2.10. The molecule has 88 valence electrons. The number of anilines is 1. The topological polar surface area (TPSA) is 37.4 Å². The van der Waals surface area contributed by atoms with Crippen molar-refractivity contribution >= 4 is 31.6 Å². The highest BCUT2D eigenvalue weighted by atomic mass is 79.9. The van der Waals surface area contributed by atoms with Crippen LogP contribution in [0.25, 0.3) is 0 Å². The van der Waals surface area contributed by atoms with Gasteiger partial charge >= 0.3 is 0 Å². The molecule has 16 heavy (non-hydrogen) atoms. The lowest BCUT2D eigenvalue weighted by Crippen LogP contribution is -2.27. The van der Waals surface area contributed by atoms with E-state index >= 15 is 0 Å². The minimum atomic E-state index is -3.56. The number of rotatable bonds is 1. The van der Waals surface area contributed by atoms with Crippen LogP contribution in [0.4, 0.5) is 14.5 Å². The molecule has 0 atom stereocenters. The van der Waals surface area contributed by atoms with Gasteiger partial charge < -0.3 is 0 Å². The van der Waals surface area contributed by atoms with E-state index in [1.807, 2.05) is 0 Å². The molecule has 1 saturated heterocycles. The Bertz CT molecular complexity index is 509. The zero-order valence-electron chi connectivity index (χ0n) is 8.08. The second-order valence-corrected chi connectivity index (χ2v) is 6.39. The first kappa shape index (κ1) is 11.8. The Kier molecular flexibility index (Phi) is 2.91. The predicted octanol–water partition coefficient (Wildman–Crippen LogP) is 2.27. The third-order valence-electron chi connectivity index (χ3n) is 2.33. The molecule has 0 unspecified atom stereocenters. The summed E-state index contributed by atoms with van der Waals surface area (Å²) in [7, 11) is -3.56. The molecular weight excluding hydrogens is 304 g/mol. The van der Waals surface area contributed by atoms with E-state index in [1.54, 1.807) is 0 Å². The van der Waals surface area contributed by atoms with Crippen molar-refractivity contribution in [1.29, 1.82) is 0 Å². The summed E-state index contributed by atoms with van der Waals surface area (Å²) in [4.78, 5) is 0. The molecule has 1 aliphatic heterocycles. The number of hydrogen-bond acceptors (Lipinski definition) is 2. The molecule has 1 aromatic rings. The monoisotopic (exact) mass is 311 g/mol. The molecular formula is C9H8BrF2NO2S. The Morgan fingerprint density at radius 2 is 1.81 bits per heavy atom. The molecule has 3 nitrogen and oxygen atoms in total. The lowest BCUT2D eigenvalue weighted by Gasteiger charge is -2.18. The summed E-state index contributed by atoms with van der Waals surface area (Å²) in [5.41, 5.74) is -0.485. The molecule has 0 spiro atoms. The van der Waals surface area contributed by atoms with Gasteiger partial charge in [0.05, 0.1) is 5.75 Å². The van der Waals surface area contributed by atoms with Crippen molar-refractivity contribution in [3.05, 3.63) is 28.2 Å². The fourth-order valence-corrected chi connectivity index (χ4v) is 3.64. The van der Waals surface area contributed by atoms with Crippen LogP contribution in [-0.2, 0) is 10.0 Å². The predicted molar refractivity (Wildman–Crippen MR) is 59.8 cm³/mol. The van der Waals surface area contributed by atoms with E-state index in [9.17, 15) is 17.2 Å². The van der Waals surface area contributed by atoms with Crippen LogP contribution >= 0.6 is 15.9 Å². The number of halogens is 3. The molecule has 0 saturated carbocycles. The van der Waals surface area contributed by atoms with Crippen molar-refractivity contribution in [3.63, 3.8) is 0 Å². The molecule has 0 amide bonds. The van der Waals surface area contributed by atoms with Gasteiger partial charge in [0, 0.05) is 11.0 Å². The van der Waals surface area contributed by atoms with Gasteiger partial charge in [-0.25, -0.2) is 17.2 Å². The molecule has 0 aromatic heterocycles. The summed E-state index contributed by atoms with van der Waals surface area (Å²) in [5.74, 6) is -1.82. The lowest BCUT2D eigenvalue weighted by molar-refractivity contribution is 0.573. The normalized spacial score (nSPS) is 19.1. The number of benzene rings is 1. The van der Waals surface area contributed by atoms with Gasteiger partial charge in [0.15, 0.2) is 11.6 Å². The van der Waals surface area contributed by atoms with Gasteiger partial charge in [-0.1, -0.05) is 15.9 Å². The average Bonchev–Trinajstić information content (AvgIpc) is 2.44. The highest BCUT2D eigenvalue weighted by molar-refractivity contribution is 9.10. The number of sulfonamides is 1. The quantitative estimate of drug-likeness (QED) is 0.798. The average molecular weight is 312 g/mol. The second kappa shape index (κ2) is 3.96. The van der Waals surface area contributed by atoms with Gasteiger partial charge in [-0.05, 0) is 18.6 Å². The maximum absolute atomic E-state index is 13.5. The Hall–Kier alpha value is -0.690. The minimum absolute atomic E-state index is 0.0675. The molecule has 2 rings (SSSR count). The van der Waals surface area contributed by atoms with Crippen LogP contribution in [0, 0.1) is 11.6 Å². The SMILES string of the molecule is O=S1(=O)CCCN1c1c(F)cc(Br)cc1F. The van der Waals surface area contributed by atoms with Crippen LogP contribution in [0.3, 0.4) is 0 Å². The van der Waals surface area contributed by atoms with E-state index in [4.69, 9.17) is 0 Å². The molecule has 0 aliphatic carbocycles. The van der Waals surface area contributed by atoms with Crippen molar-refractivity contribution in [2.45, 2.75) is 6.42 Å². The van der Waals surface area contributed by atoms with E-state index in [2.05, 4.69) is 15.9 Å². The van der Waals surface area contributed by atoms with Crippen LogP contribution < -0.4 is 4.31 Å². The summed E-state index contributed by atoms with van der Waals surface area (Å²) in [6.45, 7) is 0.123. The third-order valence-corrected chi connectivity index (χ3v) is 4.63. The van der Waals surface area contributed by atoms with Crippen molar-refractivity contribution in [2.24, 2.45) is 0 Å². The maximum Gasteiger partial charge on any atom is 0.235 e. The van der Waals surface area contributed by atoms with E-state index < -0.39 is 27.3 Å². The van der Waals surface area contributed by atoms with Gasteiger partial charge in [-0.15, -0.1) is 0 Å². The van der Waals surface area contributed by atoms with Gasteiger partial charge in [0.25, 0.3) is 0 Å². The van der Waals surface area contributed by atoms with Crippen LogP contribution in [0.5, 0.6) is 0 Å². The first-order valence-corrected chi connectivity index (χ1v) is 6.97. The Morgan fingerprint density at radius 1 is 1.25 bits per heavy atom. The fourth-order valence-electron chi connectivity index (χ4n) is 1.66. The van der Waals surface area contributed by atoms with E-state index in [0.717, 1.165) is 16.4 Å². The number of nitrogens with zero attached hydrogens (tertiary/aromatic N) is 1. The first-order valence-electron chi connectivity index (χ1n) is 4.57. The molecule has 0 bridgehead atoms. The van der Waals surface area contributed by atoms with Gasteiger partial charge in [-0.2, -0.15) is 0 Å². The summed E-state index contributed by atoms with van der Waals surface area (Å²) < 4.78 is 51.2. The molecule has 0 N–H and O–H groups in total. The molecule has 0 radical (unpaired) electrons. The van der Waals surface area contributed by atoms with Gasteiger partial charge in [-0.3, -0.25) is 4.31 Å². The van der Waals surface area contributed by atoms with Crippen molar-refractivity contribution in [2.75, 3.05) is 16.6 Å². The van der Waals surface area contributed by atoms with E-state index in [-0.39, 0.29) is 16.8 Å². The zero-order valence-corrected chi connectivity index (χ0v) is 10.5. The molecule has 1 aliphatic rings. The van der Waals surface area contributed by atoms with Crippen LogP contribution in [0.2, 0.25) is 0 Å². The third kappa shape index (κ3) is 1.93. The molecule has 1 aromatic carbocycles. The Balaban J connectivity index is 2.57. The van der Waals surface area contributed by atoms with E-state index in [0.29, 0.717) is 6.42 Å². The zero-order chi connectivity index (χ0) is 11.9. The van der Waals surface area contributed by atoms with Crippen LogP contribution in [-0.4, -0.2) is 20.7 Å². The largest absolute Gasteiger partial charge is 0.264 e. The van der Waals surface area contributed by atoms with Crippen molar-refractivity contribution < 1.29 is 17.2 Å². The summed E-state index contributed by atoms with van der Waals surface area (Å²) in [6.07, 6.45) is 0.386. The summed E-state index contributed by atoms with van der Waals surface area (Å²) >= 11 is 2.94.